The van der Waals surface area contributed by atoms with Crippen LogP contribution < -0.4 is 10.2 Å². The SMILES string of the molecule is O=C1CC(Nc2ccccc2[N+](=O)[O-])C(=O)N1c1cccc(O)c1. The smallest absolute Gasteiger partial charge is 0.292 e. The van der Waals surface area contributed by atoms with E-state index in [0.29, 0.717) is 0 Å². The van der Waals surface area contributed by atoms with Gasteiger partial charge < -0.3 is 10.4 Å². The Balaban J connectivity index is 1.86. The van der Waals surface area contributed by atoms with Crippen molar-refractivity contribution < 1.29 is 19.6 Å². The highest BCUT2D eigenvalue weighted by molar-refractivity contribution is 6.23. The largest absolute Gasteiger partial charge is 0.508 e. The van der Waals surface area contributed by atoms with Crippen molar-refractivity contribution in [1.29, 1.82) is 0 Å². The molecule has 0 aliphatic carbocycles. The highest BCUT2D eigenvalue weighted by Gasteiger charge is 2.40. The normalized spacial score (nSPS) is 17.2. The third kappa shape index (κ3) is 2.76. The van der Waals surface area contributed by atoms with Crippen LogP contribution in [-0.4, -0.2) is 27.9 Å². The van der Waals surface area contributed by atoms with Gasteiger partial charge in [0.2, 0.25) is 5.91 Å². The van der Waals surface area contributed by atoms with Crippen LogP contribution in [0, 0.1) is 10.1 Å². The molecule has 1 heterocycles. The van der Waals surface area contributed by atoms with Crippen molar-refractivity contribution in [3.8, 4) is 5.75 Å². The molecule has 1 unspecified atom stereocenters. The van der Waals surface area contributed by atoms with Gasteiger partial charge in [0.15, 0.2) is 0 Å². The Morgan fingerprint density at radius 1 is 1.17 bits per heavy atom. The lowest BCUT2D eigenvalue weighted by molar-refractivity contribution is -0.384. The summed E-state index contributed by atoms with van der Waals surface area (Å²) in [4.78, 5) is 36.1. The van der Waals surface area contributed by atoms with Gasteiger partial charge in [0.25, 0.3) is 11.6 Å². The number of nitrogens with zero attached hydrogens (tertiary/aromatic N) is 2. The van der Waals surface area contributed by atoms with Crippen molar-refractivity contribution >= 4 is 28.9 Å². The Bertz CT molecular complexity index is 836. The topological polar surface area (TPSA) is 113 Å². The van der Waals surface area contributed by atoms with E-state index in [9.17, 15) is 24.8 Å². The zero-order chi connectivity index (χ0) is 17.3. The van der Waals surface area contributed by atoms with E-state index in [1.807, 2.05) is 0 Å². The zero-order valence-electron chi connectivity index (χ0n) is 12.4. The number of amides is 2. The molecule has 3 rings (SSSR count). The molecule has 1 aliphatic rings. The minimum atomic E-state index is -0.902. The monoisotopic (exact) mass is 327 g/mol. The summed E-state index contributed by atoms with van der Waals surface area (Å²) in [6.07, 6.45) is -0.124. The van der Waals surface area contributed by atoms with Crippen LogP contribution in [0.3, 0.4) is 0 Å². The molecular weight excluding hydrogens is 314 g/mol. The average Bonchev–Trinajstić information content (AvgIpc) is 2.81. The van der Waals surface area contributed by atoms with Gasteiger partial charge in [-0.15, -0.1) is 0 Å². The molecule has 8 nitrogen and oxygen atoms in total. The van der Waals surface area contributed by atoms with E-state index >= 15 is 0 Å². The molecule has 0 bridgehead atoms. The predicted molar refractivity (Wildman–Crippen MR) is 85.7 cm³/mol. The predicted octanol–water partition coefficient (Wildman–Crippen LogP) is 2.04. The van der Waals surface area contributed by atoms with Crippen LogP contribution in [0.2, 0.25) is 0 Å². The first-order valence-corrected chi connectivity index (χ1v) is 7.13. The van der Waals surface area contributed by atoms with Crippen molar-refractivity contribution in [2.75, 3.05) is 10.2 Å². The van der Waals surface area contributed by atoms with Crippen LogP contribution in [0.15, 0.2) is 48.5 Å². The quantitative estimate of drug-likeness (QED) is 0.505. The number of rotatable bonds is 4. The van der Waals surface area contributed by atoms with Crippen LogP contribution in [0.5, 0.6) is 5.75 Å². The van der Waals surface area contributed by atoms with Crippen molar-refractivity contribution in [3.63, 3.8) is 0 Å². The number of carbonyl (C=O) groups excluding carboxylic acids is 2. The molecule has 0 spiro atoms. The maximum Gasteiger partial charge on any atom is 0.292 e. The highest BCUT2D eigenvalue weighted by Crippen LogP contribution is 2.30. The number of nitrogens with one attached hydrogen (secondary N) is 1. The molecule has 24 heavy (non-hydrogen) atoms. The summed E-state index contributed by atoms with van der Waals surface area (Å²) in [6, 6.07) is 10.8. The Morgan fingerprint density at radius 2 is 1.92 bits per heavy atom. The molecule has 1 saturated heterocycles. The lowest BCUT2D eigenvalue weighted by Gasteiger charge is -2.16. The van der Waals surface area contributed by atoms with E-state index < -0.39 is 22.8 Å². The Morgan fingerprint density at radius 3 is 2.62 bits per heavy atom. The van der Waals surface area contributed by atoms with Gasteiger partial charge in [-0.2, -0.15) is 0 Å². The second-order valence-electron chi connectivity index (χ2n) is 5.26. The molecule has 1 fully saturated rings. The standard InChI is InChI=1S/C16H13N3O5/c20-11-5-3-4-10(8-11)18-15(21)9-13(16(18)22)17-12-6-1-2-7-14(12)19(23)24/h1-8,13,17,20H,9H2. The highest BCUT2D eigenvalue weighted by atomic mass is 16.6. The first-order chi connectivity index (χ1) is 11.5. The molecule has 1 aliphatic heterocycles. The molecule has 2 aromatic rings. The fraction of sp³-hybridized carbons (Fsp3) is 0.125. The second kappa shape index (κ2) is 5.99. The van der Waals surface area contributed by atoms with Crippen LogP contribution >= 0.6 is 0 Å². The summed E-state index contributed by atoms with van der Waals surface area (Å²) in [7, 11) is 0. The summed E-state index contributed by atoms with van der Waals surface area (Å²) >= 11 is 0. The van der Waals surface area contributed by atoms with Gasteiger partial charge in [-0.3, -0.25) is 19.7 Å². The van der Waals surface area contributed by atoms with Crippen molar-refractivity contribution in [2.24, 2.45) is 0 Å². The van der Waals surface area contributed by atoms with Gasteiger partial charge in [-0.25, -0.2) is 4.90 Å². The minimum Gasteiger partial charge on any atom is -0.508 e. The van der Waals surface area contributed by atoms with Crippen LogP contribution in [0.25, 0.3) is 0 Å². The summed E-state index contributed by atoms with van der Waals surface area (Å²) in [6.45, 7) is 0. The van der Waals surface area contributed by atoms with Gasteiger partial charge in [-0.1, -0.05) is 18.2 Å². The van der Waals surface area contributed by atoms with Gasteiger partial charge in [-0.05, 0) is 18.2 Å². The number of phenols is 1. The van der Waals surface area contributed by atoms with Crippen LogP contribution in [-0.2, 0) is 9.59 Å². The summed E-state index contributed by atoms with van der Waals surface area (Å²) in [5.41, 5.74) is 0.261. The van der Waals surface area contributed by atoms with E-state index in [4.69, 9.17) is 0 Å². The maximum atomic E-state index is 12.5. The Hall–Kier alpha value is -3.42. The molecule has 0 radical (unpaired) electrons. The van der Waals surface area contributed by atoms with E-state index in [1.165, 1.54) is 42.5 Å². The number of benzene rings is 2. The lowest BCUT2D eigenvalue weighted by Crippen LogP contribution is -2.34. The number of anilines is 2. The van der Waals surface area contributed by atoms with Crippen molar-refractivity contribution in [3.05, 3.63) is 58.6 Å². The summed E-state index contributed by atoms with van der Waals surface area (Å²) in [5.74, 6) is -1.03. The molecule has 122 valence electrons. The van der Waals surface area contributed by atoms with E-state index in [-0.39, 0.29) is 29.2 Å². The maximum absolute atomic E-state index is 12.5. The zero-order valence-corrected chi connectivity index (χ0v) is 12.4. The number of hydrogen-bond donors (Lipinski definition) is 2. The van der Waals surface area contributed by atoms with E-state index in [0.717, 1.165) is 4.90 Å². The first kappa shape index (κ1) is 15.5. The molecule has 0 aromatic heterocycles. The first-order valence-electron chi connectivity index (χ1n) is 7.13. The third-order valence-corrected chi connectivity index (χ3v) is 3.67. The number of imide groups is 1. The Kier molecular flexibility index (Phi) is 3.87. The molecule has 2 N–H and O–H groups in total. The fourth-order valence-electron chi connectivity index (χ4n) is 2.59. The van der Waals surface area contributed by atoms with Crippen LogP contribution in [0.1, 0.15) is 6.42 Å². The number of carbonyl (C=O) groups is 2. The van der Waals surface area contributed by atoms with Gasteiger partial charge in [0, 0.05) is 12.1 Å². The number of nitro benzene ring substituents is 1. The molecular formula is C16H13N3O5. The molecule has 0 saturated carbocycles. The van der Waals surface area contributed by atoms with Gasteiger partial charge >= 0.3 is 0 Å². The van der Waals surface area contributed by atoms with E-state index in [2.05, 4.69) is 5.32 Å². The van der Waals surface area contributed by atoms with Crippen molar-refractivity contribution in [1.82, 2.24) is 0 Å². The molecule has 1 atom stereocenters. The molecule has 2 aromatic carbocycles. The number of nitro groups is 1. The second-order valence-corrected chi connectivity index (χ2v) is 5.26. The van der Waals surface area contributed by atoms with E-state index in [1.54, 1.807) is 6.07 Å². The number of phenolic OH excluding ortho intramolecular Hbond substituents is 1. The van der Waals surface area contributed by atoms with Crippen molar-refractivity contribution in [2.45, 2.75) is 12.5 Å². The van der Waals surface area contributed by atoms with Gasteiger partial charge in [0.05, 0.1) is 17.0 Å². The number of aromatic hydroxyl groups is 1. The Labute approximate surface area is 136 Å². The fourth-order valence-corrected chi connectivity index (χ4v) is 2.59. The number of hydrogen-bond acceptors (Lipinski definition) is 6. The number of para-hydroxylation sites is 2. The molecule has 2 amide bonds. The van der Waals surface area contributed by atoms with Crippen LogP contribution in [0.4, 0.5) is 17.1 Å². The summed E-state index contributed by atoms with van der Waals surface area (Å²) in [5, 5.41) is 23.3. The molecule has 8 heteroatoms. The minimum absolute atomic E-state index is 0.0665. The third-order valence-electron chi connectivity index (χ3n) is 3.67. The average molecular weight is 327 g/mol. The summed E-state index contributed by atoms with van der Waals surface area (Å²) < 4.78 is 0. The van der Waals surface area contributed by atoms with Gasteiger partial charge in [0.1, 0.15) is 17.5 Å². The lowest BCUT2D eigenvalue weighted by atomic mass is 10.2.